The predicted molar refractivity (Wildman–Crippen MR) is 217 cm³/mol. The van der Waals surface area contributed by atoms with E-state index in [1.165, 1.54) is 24.6 Å². The van der Waals surface area contributed by atoms with Crippen LogP contribution < -0.4 is 9.64 Å². The maximum atomic E-state index is 17.9. The van der Waals surface area contributed by atoms with Crippen molar-refractivity contribution in [3.8, 4) is 35.2 Å². The van der Waals surface area contributed by atoms with E-state index in [9.17, 15) is 5.11 Å². The maximum absolute atomic E-state index is 17.9. The van der Waals surface area contributed by atoms with Crippen molar-refractivity contribution < 1.29 is 28.1 Å². The quantitative estimate of drug-likeness (QED) is 0.163. The highest BCUT2D eigenvalue weighted by Gasteiger charge is 2.51. The van der Waals surface area contributed by atoms with Gasteiger partial charge < -0.3 is 29.1 Å². The van der Waals surface area contributed by atoms with E-state index in [2.05, 4.69) is 20.6 Å². The number of fused-ring (bicyclic) bond motifs is 6. The van der Waals surface area contributed by atoms with E-state index in [0.29, 0.717) is 56.9 Å². The largest absolute Gasteiger partial charge is 0.508 e. The summed E-state index contributed by atoms with van der Waals surface area (Å²) in [6, 6.07) is 6.81. The van der Waals surface area contributed by atoms with E-state index in [0.717, 1.165) is 91.1 Å². The number of likely N-dealkylation sites (tertiary alicyclic amines) is 2. The summed E-state index contributed by atoms with van der Waals surface area (Å²) in [6.45, 7) is 7.81. The highest BCUT2D eigenvalue weighted by Crippen LogP contribution is 2.50. The number of ether oxygens (including phenoxy) is 3. The molecule has 3 aromatic carbocycles. The summed E-state index contributed by atoms with van der Waals surface area (Å²) in [4.78, 5) is 17.8. The number of hydrogen-bond acceptors (Lipinski definition) is 10. The van der Waals surface area contributed by atoms with Crippen molar-refractivity contribution in [1.29, 1.82) is 0 Å². The van der Waals surface area contributed by atoms with Crippen LogP contribution in [0.5, 0.6) is 11.8 Å². The van der Waals surface area contributed by atoms with Crippen LogP contribution in [-0.4, -0.2) is 119 Å². The van der Waals surface area contributed by atoms with Crippen molar-refractivity contribution in [2.75, 3.05) is 71.2 Å². The van der Waals surface area contributed by atoms with Crippen molar-refractivity contribution in [2.45, 2.75) is 63.1 Å². The molecule has 0 radical (unpaired) electrons. The summed E-state index contributed by atoms with van der Waals surface area (Å²) in [6.07, 6.45) is 15.3. The molecular weight excluding hydrogens is 741 g/mol. The Morgan fingerprint density at radius 2 is 1.81 bits per heavy atom. The van der Waals surface area contributed by atoms with Gasteiger partial charge in [-0.05, 0) is 86.6 Å². The Balaban J connectivity index is 1.03. The second kappa shape index (κ2) is 13.5. The van der Waals surface area contributed by atoms with Gasteiger partial charge in [0, 0.05) is 98.4 Å². The molecule has 302 valence electrons. The molecule has 11 nitrogen and oxygen atoms in total. The fourth-order valence-electron chi connectivity index (χ4n) is 11.1. The minimum absolute atomic E-state index is 0.00406. The van der Waals surface area contributed by atoms with Gasteiger partial charge in [-0.3, -0.25) is 9.58 Å². The van der Waals surface area contributed by atoms with Gasteiger partial charge in [0.25, 0.3) is 0 Å². The molecule has 2 bridgehead atoms. The topological polar surface area (TPSA) is 101 Å². The Labute approximate surface area is 336 Å². The van der Waals surface area contributed by atoms with Gasteiger partial charge in [-0.25, -0.2) is 8.78 Å². The van der Waals surface area contributed by atoms with Gasteiger partial charge in [-0.15, -0.1) is 6.42 Å². The van der Waals surface area contributed by atoms with E-state index in [-0.39, 0.29) is 51.5 Å². The first kappa shape index (κ1) is 36.5. The summed E-state index contributed by atoms with van der Waals surface area (Å²) in [5, 5.41) is 17.8. The molecular formula is C45H49F2N7O4. The Kier molecular flexibility index (Phi) is 8.46. The van der Waals surface area contributed by atoms with Gasteiger partial charge in [0.2, 0.25) is 0 Å². The fraction of sp³-hybridized carbons (Fsp3) is 0.533. The average molecular weight is 790 g/mol. The van der Waals surface area contributed by atoms with Crippen molar-refractivity contribution in [3.63, 3.8) is 0 Å². The first-order valence-electron chi connectivity index (χ1n) is 20.9. The van der Waals surface area contributed by atoms with E-state index >= 15 is 8.78 Å². The molecule has 58 heavy (non-hydrogen) atoms. The number of nitrogens with zero attached hydrogens (tertiary/aromatic N) is 7. The Bertz CT molecular complexity index is 2510. The van der Waals surface area contributed by atoms with Crippen LogP contribution >= 0.6 is 0 Å². The third-order valence-corrected chi connectivity index (χ3v) is 14.3. The van der Waals surface area contributed by atoms with Gasteiger partial charge in [0.1, 0.15) is 28.4 Å². The van der Waals surface area contributed by atoms with Gasteiger partial charge in [-0.2, -0.15) is 15.1 Å². The minimum atomic E-state index is -0.648. The second-order valence-electron chi connectivity index (χ2n) is 18.4. The Hall–Kier alpha value is -4.61. The normalized spacial score (nSPS) is 26.1. The highest BCUT2D eigenvalue weighted by molar-refractivity contribution is 6.18. The standard InChI is InChI=1S/C45H49F2N7O4/c1-4-32-35(46)8-5-27-15-31(55)16-33(36(27)32)37-39(47)41-38(34-19-51(2)50-40(34)37)42(54-28-6-7-29(54)18-53(17-28)30-13-26(14-30)20-56-3)49-43(48-41)58-25-44(9-10-44)21-52-12-11-45(22-52)23-57-24-45/h1,5,8,15-16,19,26,28-30,55H,6-7,9-14,17-18,20-25H2,2-3H3/t26?,28-,29+,30?. The molecule has 2 atom stereocenters. The van der Waals surface area contributed by atoms with Gasteiger partial charge in [-0.1, -0.05) is 12.0 Å². The molecule has 13 heteroatoms. The lowest BCUT2D eigenvalue weighted by atomic mass is 9.79. The van der Waals surface area contributed by atoms with Crippen LogP contribution in [0.1, 0.15) is 50.5 Å². The van der Waals surface area contributed by atoms with Crippen LogP contribution in [0.25, 0.3) is 43.7 Å². The molecule has 2 saturated carbocycles. The van der Waals surface area contributed by atoms with Crippen molar-refractivity contribution in [2.24, 2.45) is 23.8 Å². The number of phenolic OH excluding ortho intramolecular Hbond substituents is 1. The molecule has 6 aliphatic rings. The second-order valence-corrected chi connectivity index (χ2v) is 18.4. The van der Waals surface area contributed by atoms with Crippen LogP contribution in [0.3, 0.4) is 0 Å². The smallest absolute Gasteiger partial charge is 0.319 e. The number of aromatic nitrogens is 4. The molecule has 1 spiro atoms. The van der Waals surface area contributed by atoms with Crippen molar-refractivity contribution in [3.05, 3.63) is 47.7 Å². The lowest BCUT2D eigenvalue weighted by Gasteiger charge is -2.49. The number of hydrogen-bond donors (Lipinski definition) is 1. The third-order valence-electron chi connectivity index (χ3n) is 14.3. The van der Waals surface area contributed by atoms with Crippen molar-refractivity contribution >= 4 is 38.4 Å². The minimum Gasteiger partial charge on any atom is -0.508 e. The third kappa shape index (κ3) is 5.85. The van der Waals surface area contributed by atoms with Crippen molar-refractivity contribution in [1.82, 2.24) is 29.5 Å². The van der Waals surface area contributed by atoms with E-state index in [4.69, 9.17) is 35.7 Å². The lowest BCUT2D eigenvalue weighted by molar-refractivity contribution is -0.105. The van der Waals surface area contributed by atoms with Crippen LogP contribution in [0.4, 0.5) is 14.6 Å². The van der Waals surface area contributed by atoms with Gasteiger partial charge in [0.15, 0.2) is 5.82 Å². The number of rotatable bonds is 10. The number of halogens is 2. The highest BCUT2D eigenvalue weighted by atomic mass is 19.1. The number of benzene rings is 3. The zero-order valence-corrected chi connectivity index (χ0v) is 33.1. The molecule has 4 saturated heterocycles. The van der Waals surface area contributed by atoms with E-state index in [1.807, 2.05) is 6.20 Å². The Morgan fingerprint density at radius 1 is 1.02 bits per heavy atom. The molecule has 2 aliphatic carbocycles. The molecule has 2 aromatic heterocycles. The number of methoxy groups -OCH3 is 1. The monoisotopic (exact) mass is 789 g/mol. The summed E-state index contributed by atoms with van der Waals surface area (Å²) < 4.78 is 52.6. The molecule has 6 heterocycles. The number of piperazine rings is 1. The molecule has 0 amide bonds. The number of aromatic hydroxyl groups is 1. The van der Waals surface area contributed by atoms with E-state index < -0.39 is 11.6 Å². The molecule has 5 aromatic rings. The molecule has 11 rings (SSSR count). The summed E-state index contributed by atoms with van der Waals surface area (Å²) in [5.74, 6) is 2.39. The molecule has 0 unspecified atom stereocenters. The maximum Gasteiger partial charge on any atom is 0.319 e. The predicted octanol–water partition coefficient (Wildman–Crippen LogP) is 6.26. The zero-order chi connectivity index (χ0) is 39.5. The summed E-state index contributed by atoms with van der Waals surface area (Å²) in [7, 11) is 3.57. The van der Waals surface area contributed by atoms with Gasteiger partial charge in [0.05, 0.1) is 30.8 Å². The van der Waals surface area contributed by atoms with Crippen LogP contribution in [0.2, 0.25) is 0 Å². The van der Waals surface area contributed by atoms with Crippen LogP contribution in [-0.2, 0) is 16.5 Å². The number of phenols is 1. The van der Waals surface area contributed by atoms with Crippen LogP contribution in [0.15, 0.2) is 30.5 Å². The lowest BCUT2D eigenvalue weighted by Crippen LogP contribution is -2.59. The molecule has 4 aliphatic heterocycles. The van der Waals surface area contributed by atoms with Gasteiger partial charge >= 0.3 is 6.01 Å². The summed E-state index contributed by atoms with van der Waals surface area (Å²) >= 11 is 0. The SMILES string of the molecule is C#Cc1c(F)ccc2cc(O)cc(-c3c(F)c4nc(OCC5(CN6CCC7(COC7)C6)CC5)nc(N5[C@@H]6CC[C@H]5CN(C5CC(COC)C5)C6)c4c4cn(C)nc34)c12. The zero-order valence-electron chi connectivity index (χ0n) is 33.1. The molecule has 1 N–H and O–H groups in total. The first-order valence-corrected chi connectivity index (χ1v) is 20.9. The summed E-state index contributed by atoms with van der Waals surface area (Å²) in [5.41, 5.74) is 1.08. The number of anilines is 1. The van der Waals surface area contributed by atoms with Crippen LogP contribution in [0, 0.1) is 40.7 Å². The molecule has 6 fully saturated rings. The Morgan fingerprint density at radius 3 is 2.50 bits per heavy atom. The number of terminal acetylenes is 1. The average Bonchev–Trinajstić information content (AvgIpc) is 3.47. The van der Waals surface area contributed by atoms with E-state index in [1.54, 1.807) is 24.9 Å². The fourth-order valence-corrected chi connectivity index (χ4v) is 11.1. The number of aryl methyl sites for hydroxylation is 1. The first-order chi connectivity index (χ1) is 28.1.